The second-order valence-corrected chi connectivity index (χ2v) is 7.04. The zero-order valence-corrected chi connectivity index (χ0v) is 12.7. The van der Waals surface area contributed by atoms with Gasteiger partial charge in [-0.25, -0.2) is 0 Å². The number of nitrogens with zero attached hydrogens (tertiary/aromatic N) is 1. The minimum atomic E-state index is 1.02. The lowest BCUT2D eigenvalue weighted by Gasteiger charge is -2.39. The van der Waals surface area contributed by atoms with Gasteiger partial charge in [0.2, 0.25) is 0 Å². The monoisotopic (exact) mass is 251 g/mol. The molecule has 1 aliphatic carbocycles. The van der Waals surface area contributed by atoms with E-state index in [4.69, 9.17) is 0 Å². The highest BCUT2D eigenvalue weighted by Gasteiger charge is 2.28. The van der Waals surface area contributed by atoms with Crippen LogP contribution in [0.3, 0.4) is 0 Å². The fourth-order valence-electron chi connectivity index (χ4n) is 3.90. The van der Waals surface area contributed by atoms with Gasteiger partial charge in [0.25, 0.3) is 0 Å². The van der Waals surface area contributed by atoms with Crippen molar-refractivity contribution in [1.29, 1.82) is 0 Å². The predicted octanol–water partition coefficient (Wildman–Crippen LogP) is 4.71. The second kappa shape index (κ2) is 7.53. The molecule has 0 unspecified atom stereocenters. The predicted molar refractivity (Wildman–Crippen MR) is 79.8 cm³/mol. The molecular weight excluding hydrogens is 218 g/mol. The van der Waals surface area contributed by atoms with Gasteiger partial charge in [0.1, 0.15) is 0 Å². The Balaban J connectivity index is 1.51. The van der Waals surface area contributed by atoms with E-state index in [1.54, 1.807) is 0 Å². The average Bonchev–Trinajstić information content (AvgIpc) is 2.35. The van der Waals surface area contributed by atoms with Crippen LogP contribution >= 0.6 is 0 Å². The van der Waals surface area contributed by atoms with Crippen LogP contribution in [0.4, 0.5) is 0 Å². The van der Waals surface area contributed by atoms with Gasteiger partial charge < -0.3 is 4.90 Å². The highest BCUT2D eigenvalue weighted by molar-refractivity contribution is 4.81. The molecule has 0 aromatic rings. The van der Waals surface area contributed by atoms with Crippen molar-refractivity contribution in [2.75, 3.05) is 19.6 Å². The Morgan fingerprint density at radius 1 is 0.944 bits per heavy atom. The van der Waals surface area contributed by atoms with E-state index >= 15 is 0 Å². The lowest BCUT2D eigenvalue weighted by molar-refractivity contribution is 0.102. The van der Waals surface area contributed by atoms with E-state index < -0.39 is 0 Å². The smallest absolute Gasteiger partial charge is 0.000986 e. The molecule has 0 spiro atoms. The summed E-state index contributed by atoms with van der Waals surface area (Å²) in [4.78, 5) is 2.75. The Labute approximate surface area is 114 Å². The quantitative estimate of drug-likeness (QED) is 0.592. The Hall–Kier alpha value is -0.0400. The van der Waals surface area contributed by atoms with Crippen LogP contribution in [0.2, 0.25) is 0 Å². The maximum atomic E-state index is 2.75. The number of hydrogen-bond acceptors (Lipinski definition) is 1. The van der Waals surface area contributed by atoms with Crippen LogP contribution in [0, 0.1) is 17.8 Å². The molecule has 0 aromatic heterocycles. The highest BCUT2D eigenvalue weighted by atomic mass is 15.1. The van der Waals surface area contributed by atoms with Crippen molar-refractivity contribution in [3.8, 4) is 0 Å². The van der Waals surface area contributed by atoms with Crippen LogP contribution in [0.15, 0.2) is 0 Å². The fourth-order valence-corrected chi connectivity index (χ4v) is 3.90. The third kappa shape index (κ3) is 4.57. The van der Waals surface area contributed by atoms with Crippen molar-refractivity contribution in [1.82, 2.24) is 4.90 Å². The van der Waals surface area contributed by atoms with Crippen molar-refractivity contribution in [3.05, 3.63) is 0 Å². The highest BCUT2D eigenvalue weighted by Crippen LogP contribution is 2.34. The van der Waals surface area contributed by atoms with Crippen LogP contribution in [-0.2, 0) is 0 Å². The molecule has 2 rings (SSSR count). The first-order valence-electron chi connectivity index (χ1n) is 8.50. The summed E-state index contributed by atoms with van der Waals surface area (Å²) in [6, 6.07) is 0. The Bertz CT molecular complexity index is 212. The molecule has 0 N–H and O–H groups in total. The molecule has 106 valence electrons. The van der Waals surface area contributed by atoms with E-state index in [1.165, 1.54) is 77.4 Å². The third-order valence-electron chi connectivity index (χ3n) is 5.16. The van der Waals surface area contributed by atoms with Crippen molar-refractivity contribution in [2.45, 2.75) is 71.6 Å². The molecule has 1 aliphatic heterocycles. The number of rotatable bonds is 7. The first-order chi connectivity index (χ1) is 8.78. The van der Waals surface area contributed by atoms with Gasteiger partial charge in [0, 0.05) is 6.54 Å². The number of hydrogen-bond donors (Lipinski definition) is 0. The minimum Gasteiger partial charge on any atom is -0.303 e. The fraction of sp³-hybridized carbons (Fsp3) is 1.00. The second-order valence-electron chi connectivity index (χ2n) is 7.04. The summed E-state index contributed by atoms with van der Waals surface area (Å²) in [6.45, 7) is 8.90. The molecule has 0 aromatic carbocycles. The van der Waals surface area contributed by atoms with Crippen molar-refractivity contribution < 1.29 is 0 Å². The zero-order chi connectivity index (χ0) is 12.8. The van der Waals surface area contributed by atoms with Crippen LogP contribution in [-0.4, -0.2) is 24.5 Å². The molecule has 2 aliphatic rings. The topological polar surface area (TPSA) is 3.24 Å². The molecule has 0 radical (unpaired) electrons. The summed E-state index contributed by atoms with van der Waals surface area (Å²) in [6.07, 6.45) is 13.2. The first-order valence-corrected chi connectivity index (χ1v) is 8.50. The third-order valence-corrected chi connectivity index (χ3v) is 5.16. The minimum absolute atomic E-state index is 1.02. The number of unbranched alkanes of at least 4 members (excludes halogenated alkanes) is 3. The van der Waals surface area contributed by atoms with Crippen molar-refractivity contribution in [2.24, 2.45) is 17.8 Å². The molecule has 1 saturated carbocycles. The standard InChI is InChI=1S/C17H33N/c1-3-4-5-6-7-16-8-10-18(11-9-16)14-17-12-15(2)13-17/h15-17H,3-14H2,1-2H3/t15-,17-. The van der Waals surface area contributed by atoms with Gasteiger partial charge in [-0.2, -0.15) is 0 Å². The Morgan fingerprint density at radius 3 is 2.28 bits per heavy atom. The van der Waals surface area contributed by atoms with E-state index in [9.17, 15) is 0 Å². The van der Waals surface area contributed by atoms with Crippen LogP contribution in [0.1, 0.15) is 71.6 Å². The Kier molecular flexibility index (Phi) is 6.01. The summed E-state index contributed by atoms with van der Waals surface area (Å²) in [5.74, 6) is 3.12. The molecule has 0 bridgehead atoms. The van der Waals surface area contributed by atoms with Gasteiger partial charge in [-0.3, -0.25) is 0 Å². The van der Waals surface area contributed by atoms with Gasteiger partial charge >= 0.3 is 0 Å². The summed E-state index contributed by atoms with van der Waals surface area (Å²) in [7, 11) is 0. The van der Waals surface area contributed by atoms with Crippen LogP contribution in [0.5, 0.6) is 0 Å². The normalized spacial score (nSPS) is 30.3. The lowest BCUT2D eigenvalue weighted by Crippen LogP contribution is -2.40. The summed E-state index contributed by atoms with van der Waals surface area (Å²) in [5.41, 5.74) is 0. The van der Waals surface area contributed by atoms with E-state index in [1.807, 2.05) is 0 Å². The molecule has 1 nitrogen and oxygen atoms in total. The SMILES string of the molecule is CCCCCCC1CCN(C[C@H]2C[C@H](C)C2)CC1. The zero-order valence-electron chi connectivity index (χ0n) is 12.7. The van der Waals surface area contributed by atoms with E-state index in [0.29, 0.717) is 0 Å². The van der Waals surface area contributed by atoms with E-state index in [0.717, 1.165) is 17.8 Å². The molecule has 1 saturated heterocycles. The van der Waals surface area contributed by atoms with E-state index in [-0.39, 0.29) is 0 Å². The van der Waals surface area contributed by atoms with Gasteiger partial charge in [-0.15, -0.1) is 0 Å². The molecule has 0 atom stereocenters. The first kappa shape index (κ1) is 14.4. The largest absolute Gasteiger partial charge is 0.303 e. The molecule has 1 heterocycles. The number of piperidine rings is 1. The van der Waals surface area contributed by atoms with Crippen molar-refractivity contribution in [3.63, 3.8) is 0 Å². The van der Waals surface area contributed by atoms with Crippen LogP contribution < -0.4 is 0 Å². The molecule has 1 heteroatoms. The van der Waals surface area contributed by atoms with Gasteiger partial charge in [-0.05, 0) is 56.5 Å². The average molecular weight is 251 g/mol. The van der Waals surface area contributed by atoms with Gasteiger partial charge in [0.05, 0.1) is 0 Å². The number of likely N-dealkylation sites (tertiary alicyclic amines) is 1. The van der Waals surface area contributed by atoms with Crippen molar-refractivity contribution >= 4 is 0 Å². The molecule has 18 heavy (non-hydrogen) atoms. The van der Waals surface area contributed by atoms with Gasteiger partial charge in [0.15, 0.2) is 0 Å². The maximum Gasteiger partial charge on any atom is 0.000986 e. The molecular formula is C17H33N. The summed E-state index contributed by atoms with van der Waals surface area (Å²) >= 11 is 0. The maximum absolute atomic E-state index is 2.75. The summed E-state index contributed by atoms with van der Waals surface area (Å²) < 4.78 is 0. The molecule has 2 fully saturated rings. The summed E-state index contributed by atoms with van der Waals surface area (Å²) in [5, 5.41) is 0. The van der Waals surface area contributed by atoms with E-state index in [2.05, 4.69) is 18.7 Å². The van der Waals surface area contributed by atoms with Gasteiger partial charge in [-0.1, -0.05) is 46.0 Å². The molecule has 0 amide bonds. The van der Waals surface area contributed by atoms with Crippen LogP contribution in [0.25, 0.3) is 0 Å². The Morgan fingerprint density at radius 2 is 1.67 bits per heavy atom. The lowest BCUT2D eigenvalue weighted by atomic mass is 9.75.